The Labute approximate surface area is 82.0 Å². The van der Waals surface area contributed by atoms with E-state index in [0.29, 0.717) is 0 Å². The average Bonchev–Trinajstić information content (AvgIpc) is 2.18. The van der Waals surface area contributed by atoms with Crippen LogP contribution < -0.4 is 0 Å². The molecule has 0 aromatic heterocycles. The fraction of sp³-hybridized carbons (Fsp3) is 0.538. The van der Waals surface area contributed by atoms with E-state index in [4.69, 9.17) is 0 Å². The summed E-state index contributed by atoms with van der Waals surface area (Å²) in [5.41, 5.74) is 0. The molecule has 0 bridgehead atoms. The molecule has 0 saturated heterocycles. The third-order valence-corrected chi connectivity index (χ3v) is 2.26. The summed E-state index contributed by atoms with van der Waals surface area (Å²) in [5, 5.41) is 0. The summed E-state index contributed by atoms with van der Waals surface area (Å²) >= 11 is 0. The molecule has 0 saturated carbocycles. The van der Waals surface area contributed by atoms with Crippen molar-refractivity contribution < 1.29 is 0 Å². The van der Waals surface area contributed by atoms with Crippen molar-refractivity contribution in [3.8, 4) is 0 Å². The second-order valence-corrected chi connectivity index (χ2v) is 3.51. The van der Waals surface area contributed by atoms with Crippen LogP contribution >= 0.6 is 0 Å². The first-order valence-electron chi connectivity index (χ1n) is 5.45. The Morgan fingerprint density at radius 2 is 0.846 bits per heavy atom. The van der Waals surface area contributed by atoms with Gasteiger partial charge in [-0.05, 0) is 44.9 Å². The fourth-order valence-electron chi connectivity index (χ4n) is 1.45. The molecule has 0 fully saturated rings. The van der Waals surface area contributed by atoms with Gasteiger partial charge < -0.3 is 0 Å². The molecule has 0 radical (unpaired) electrons. The predicted molar refractivity (Wildman–Crippen MR) is 59.7 cm³/mol. The molecule has 0 aromatic carbocycles. The zero-order chi connectivity index (χ0) is 9.19. The number of hydrogen-bond donors (Lipinski definition) is 0. The summed E-state index contributed by atoms with van der Waals surface area (Å²) in [7, 11) is 0. The first kappa shape index (κ1) is 10.3. The lowest BCUT2D eigenvalue weighted by molar-refractivity contribution is 0.842. The van der Waals surface area contributed by atoms with E-state index in [-0.39, 0.29) is 0 Å². The molecule has 0 aliphatic heterocycles. The van der Waals surface area contributed by atoms with E-state index < -0.39 is 0 Å². The first-order chi connectivity index (χ1) is 6.50. The lowest BCUT2D eigenvalue weighted by Crippen LogP contribution is -1.70. The Morgan fingerprint density at radius 3 is 1.31 bits per heavy atom. The molecule has 0 aromatic rings. The van der Waals surface area contributed by atoms with Crippen LogP contribution in [0.25, 0.3) is 0 Å². The van der Waals surface area contributed by atoms with Gasteiger partial charge >= 0.3 is 0 Å². The Morgan fingerprint density at radius 1 is 0.462 bits per heavy atom. The van der Waals surface area contributed by atoms with Crippen LogP contribution in [0.3, 0.4) is 0 Å². The predicted octanol–water partition coefficient (Wildman–Crippen LogP) is 4.40. The van der Waals surface area contributed by atoms with Crippen molar-refractivity contribution >= 4 is 0 Å². The van der Waals surface area contributed by atoms with E-state index in [1.54, 1.807) is 0 Å². The topological polar surface area (TPSA) is 0 Å². The summed E-state index contributed by atoms with van der Waals surface area (Å²) in [6, 6.07) is 0. The zero-order valence-corrected chi connectivity index (χ0v) is 8.41. The molecule has 0 unspecified atom stereocenters. The highest BCUT2D eigenvalue weighted by molar-refractivity contribution is 4.94. The fourth-order valence-corrected chi connectivity index (χ4v) is 1.45. The average molecular weight is 176 g/mol. The molecule has 0 amide bonds. The van der Waals surface area contributed by atoms with Crippen LogP contribution in [-0.2, 0) is 0 Å². The van der Waals surface area contributed by atoms with E-state index >= 15 is 0 Å². The highest BCUT2D eigenvalue weighted by Crippen LogP contribution is 2.04. The normalized spacial score (nSPS) is 25.2. The largest absolute Gasteiger partial charge is 0.0885 e. The number of allylic oxidation sites excluding steroid dienone is 6. The van der Waals surface area contributed by atoms with Crippen molar-refractivity contribution in [1.29, 1.82) is 0 Å². The van der Waals surface area contributed by atoms with Crippen molar-refractivity contribution in [1.82, 2.24) is 0 Å². The lowest BCUT2D eigenvalue weighted by Gasteiger charge is -1.90. The number of hydrogen-bond acceptors (Lipinski definition) is 0. The maximum absolute atomic E-state index is 2.33. The van der Waals surface area contributed by atoms with Gasteiger partial charge in [-0.3, -0.25) is 0 Å². The molecule has 1 aliphatic rings. The Hall–Kier alpha value is -0.780. The molecule has 0 N–H and O–H groups in total. The van der Waals surface area contributed by atoms with Gasteiger partial charge in [0.25, 0.3) is 0 Å². The van der Waals surface area contributed by atoms with Gasteiger partial charge in [0.05, 0.1) is 0 Å². The maximum atomic E-state index is 2.33. The molecule has 0 spiro atoms. The summed E-state index contributed by atoms with van der Waals surface area (Å²) in [4.78, 5) is 0. The van der Waals surface area contributed by atoms with Crippen LogP contribution in [-0.4, -0.2) is 0 Å². The van der Waals surface area contributed by atoms with E-state index in [9.17, 15) is 0 Å². The molecule has 1 rings (SSSR count). The second kappa shape index (κ2) is 7.85. The van der Waals surface area contributed by atoms with E-state index in [0.717, 1.165) is 6.42 Å². The molecule has 1 aliphatic carbocycles. The summed E-state index contributed by atoms with van der Waals surface area (Å²) in [5.74, 6) is 0. The Bertz CT molecular complexity index is 164. The quantitative estimate of drug-likeness (QED) is 0.480. The monoisotopic (exact) mass is 176 g/mol. The summed E-state index contributed by atoms with van der Waals surface area (Å²) in [6.07, 6.45) is 22.5. The minimum absolute atomic E-state index is 1.12. The highest BCUT2D eigenvalue weighted by atomic mass is 13.9. The van der Waals surface area contributed by atoms with Crippen LogP contribution in [0.2, 0.25) is 0 Å². The van der Waals surface area contributed by atoms with Crippen molar-refractivity contribution in [3.63, 3.8) is 0 Å². The number of rotatable bonds is 0. The summed E-state index contributed by atoms with van der Waals surface area (Å²) < 4.78 is 0. The second-order valence-electron chi connectivity index (χ2n) is 3.51. The maximum Gasteiger partial charge on any atom is -0.0169 e. The van der Waals surface area contributed by atoms with Crippen molar-refractivity contribution in [2.75, 3.05) is 0 Å². The standard InChI is InChI=1S/C13H20/c1-2-4-6-8-10-12-13-11-9-7-5-3-1/h1-2,5,7,10,12H,3-4,6,8-9,11,13H2/b2-1-,7-5-,12-10?. The van der Waals surface area contributed by atoms with Gasteiger partial charge in [-0.1, -0.05) is 36.5 Å². The Balaban J connectivity index is 2.27. The molecule has 0 atom stereocenters. The van der Waals surface area contributed by atoms with Gasteiger partial charge in [0, 0.05) is 0 Å². The molecule has 0 nitrogen and oxygen atoms in total. The van der Waals surface area contributed by atoms with Crippen LogP contribution in [0.1, 0.15) is 44.9 Å². The van der Waals surface area contributed by atoms with E-state index in [1.165, 1.54) is 38.5 Å². The minimum Gasteiger partial charge on any atom is -0.0885 e. The van der Waals surface area contributed by atoms with Crippen LogP contribution in [0.4, 0.5) is 0 Å². The molecular weight excluding hydrogens is 156 g/mol. The van der Waals surface area contributed by atoms with E-state index in [1.807, 2.05) is 0 Å². The van der Waals surface area contributed by atoms with Gasteiger partial charge in [0.2, 0.25) is 0 Å². The zero-order valence-electron chi connectivity index (χ0n) is 8.41. The van der Waals surface area contributed by atoms with Crippen LogP contribution in [0.5, 0.6) is 0 Å². The van der Waals surface area contributed by atoms with Gasteiger partial charge in [-0.2, -0.15) is 0 Å². The lowest BCUT2D eigenvalue weighted by atomic mass is 10.2. The Kier molecular flexibility index (Phi) is 6.22. The molecular formula is C13H20. The molecule has 0 heterocycles. The minimum atomic E-state index is 1.12. The molecule has 13 heavy (non-hydrogen) atoms. The molecule has 0 heteroatoms. The SMILES string of the molecule is C1=CCCC/C=C\C/C=C\CCC1. The van der Waals surface area contributed by atoms with Gasteiger partial charge in [0.15, 0.2) is 0 Å². The first-order valence-corrected chi connectivity index (χ1v) is 5.45. The van der Waals surface area contributed by atoms with Crippen molar-refractivity contribution in [2.24, 2.45) is 0 Å². The van der Waals surface area contributed by atoms with Crippen LogP contribution in [0.15, 0.2) is 36.5 Å². The van der Waals surface area contributed by atoms with Crippen molar-refractivity contribution in [2.45, 2.75) is 44.9 Å². The third-order valence-electron chi connectivity index (χ3n) is 2.26. The third kappa shape index (κ3) is 6.39. The molecule has 72 valence electrons. The summed E-state index contributed by atoms with van der Waals surface area (Å²) in [6.45, 7) is 0. The van der Waals surface area contributed by atoms with Gasteiger partial charge in [-0.25, -0.2) is 0 Å². The van der Waals surface area contributed by atoms with Gasteiger partial charge in [0.1, 0.15) is 0 Å². The van der Waals surface area contributed by atoms with Crippen LogP contribution in [0, 0.1) is 0 Å². The highest BCUT2D eigenvalue weighted by Gasteiger charge is 1.84. The smallest absolute Gasteiger partial charge is 0.0169 e. The van der Waals surface area contributed by atoms with Crippen molar-refractivity contribution in [3.05, 3.63) is 36.5 Å². The van der Waals surface area contributed by atoms with E-state index in [2.05, 4.69) is 36.5 Å². The van der Waals surface area contributed by atoms with Gasteiger partial charge in [-0.15, -0.1) is 0 Å².